The third kappa shape index (κ3) is 9.01. The van der Waals surface area contributed by atoms with Gasteiger partial charge in [0.2, 0.25) is 0 Å². The number of hydrogen-bond donors (Lipinski definition) is 0. The van der Waals surface area contributed by atoms with E-state index in [0.29, 0.717) is 0 Å². The fourth-order valence-electron chi connectivity index (χ4n) is 0.725. The van der Waals surface area contributed by atoms with Crippen molar-refractivity contribution < 1.29 is 0 Å². The van der Waals surface area contributed by atoms with Crippen LogP contribution in [-0.4, -0.2) is 24.6 Å². The van der Waals surface area contributed by atoms with Crippen molar-refractivity contribution in [3.8, 4) is 0 Å². The van der Waals surface area contributed by atoms with Gasteiger partial charge in [0.1, 0.15) is 4.84 Å². The lowest BCUT2D eigenvalue weighted by Gasteiger charge is -1.97. The Morgan fingerprint density at radius 1 is 1.44 bits per heavy atom. The van der Waals surface area contributed by atoms with Crippen molar-refractivity contribution in [1.82, 2.24) is 0 Å². The topological polar surface area (TPSA) is 0 Å². The Morgan fingerprint density at radius 2 is 2.11 bits per heavy atom. The molecule has 4 heteroatoms. The molecule has 0 saturated heterocycles. The van der Waals surface area contributed by atoms with Crippen LogP contribution in [0.1, 0.15) is 6.42 Å². The van der Waals surface area contributed by atoms with Crippen LogP contribution in [0.25, 0.3) is 0 Å². The minimum atomic E-state index is -0.0780. The van der Waals surface area contributed by atoms with E-state index in [2.05, 4.69) is 0 Å². The first kappa shape index (κ1) is 10.0. The molecule has 56 valence electrons. The van der Waals surface area contributed by atoms with Gasteiger partial charge in [-0.1, -0.05) is 18.5 Å². The fraction of sp³-hybridized carbons (Fsp3) is 1.00. The molecule has 0 atom stereocenters. The first-order valence-electron chi connectivity index (χ1n) is 3.55. The molecule has 0 nitrogen and oxygen atoms in total. The predicted octanol–water partition coefficient (Wildman–Crippen LogP) is 0.969. The van der Waals surface area contributed by atoms with Crippen molar-refractivity contribution in [3.63, 3.8) is 0 Å². The molecule has 0 unspecified atom stereocenters. The normalized spacial score (nSPS) is 12.3. The summed E-state index contributed by atoms with van der Waals surface area (Å²) in [6, 6.07) is 3.99. The Bertz CT molecular complexity index is 58.9. The molecule has 0 aromatic heterocycles. The molecule has 0 spiro atoms. The van der Waals surface area contributed by atoms with Gasteiger partial charge in [0.15, 0.2) is 0 Å². The monoisotopic (exact) mass is 200 g/mol. The van der Waals surface area contributed by atoms with E-state index in [1.54, 1.807) is 0 Å². The van der Waals surface area contributed by atoms with Gasteiger partial charge in [-0.15, -0.1) is 23.2 Å². The highest BCUT2D eigenvalue weighted by Gasteiger charge is 1.96. The number of halogens is 2. The Kier molecular flexibility index (Phi) is 7.93. The molecular formula is C5H14Cl2Si2. The molecule has 0 heterocycles. The van der Waals surface area contributed by atoms with Crippen LogP contribution in [0.2, 0.25) is 18.1 Å². The molecule has 9 heavy (non-hydrogen) atoms. The smallest absolute Gasteiger partial charge is 0.105 e. The molecule has 0 radical (unpaired) electrons. The van der Waals surface area contributed by atoms with Crippen molar-refractivity contribution in [2.24, 2.45) is 0 Å². The quantitative estimate of drug-likeness (QED) is 0.353. The maximum atomic E-state index is 5.57. The molecular weight excluding hydrogens is 187 g/mol. The third-order valence-corrected chi connectivity index (χ3v) is 5.14. The lowest BCUT2D eigenvalue weighted by Crippen LogP contribution is -1.94. The highest BCUT2D eigenvalue weighted by atomic mass is 35.5. The van der Waals surface area contributed by atoms with Crippen LogP contribution in [0.4, 0.5) is 0 Å². The SMILES string of the molecule is [SiH3]CCC[SiH2]CC(Cl)Cl. The second-order valence-electron chi connectivity index (χ2n) is 2.24. The minimum Gasteiger partial charge on any atom is -0.106 e. The molecule has 0 aromatic rings. The molecule has 0 N–H and O–H groups in total. The zero-order chi connectivity index (χ0) is 7.11. The Hall–Kier alpha value is 1.01. The van der Waals surface area contributed by atoms with Crippen molar-refractivity contribution in [2.75, 3.05) is 0 Å². The standard InChI is InChI=1S/C5H14Cl2Si2/c6-5(7)4-9-3-1-2-8/h5H,1-4,9H2,8H3. The van der Waals surface area contributed by atoms with Gasteiger partial charge in [0.05, 0.1) is 0 Å². The van der Waals surface area contributed by atoms with Gasteiger partial charge in [-0.05, 0) is 6.04 Å². The Morgan fingerprint density at radius 3 is 2.56 bits per heavy atom. The second kappa shape index (κ2) is 7.12. The highest BCUT2D eigenvalue weighted by Crippen LogP contribution is 2.08. The van der Waals surface area contributed by atoms with Gasteiger partial charge in [-0.25, -0.2) is 0 Å². The Balaban J connectivity index is 2.75. The predicted molar refractivity (Wildman–Crippen MR) is 53.0 cm³/mol. The van der Waals surface area contributed by atoms with Crippen LogP contribution in [0.5, 0.6) is 0 Å². The van der Waals surface area contributed by atoms with Crippen LogP contribution in [0.15, 0.2) is 0 Å². The largest absolute Gasteiger partial charge is 0.106 e. The van der Waals surface area contributed by atoms with Crippen LogP contribution in [0.3, 0.4) is 0 Å². The second-order valence-corrected chi connectivity index (χ2v) is 6.51. The van der Waals surface area contributed by atoms with Crippen molar-refractivity contribution >= 4 is 43.0 Å². The molecule has 0 rings (SSSR count). The average molecular weight is 201 g/mol. The van der Waals surface area contributed by atoms with Crippen molar-refractivity contribution in [2.45, 2.75) is 29.4 Å². The first-order valence-corrected chi connectivity index (χ1v) is 7.84. The van der Waals surface area contributed by atoms with Gasteiger partial charge in [-0.3, -0.25) is 0 Å². The molecule has 0 aromatic carbocycles. The molecule has 0 aliphatic heterocycles. The van der Waals surface area contributed by atoms with E-state index in [0.717, 1.165) is 6.04 Å². The molecule has 0 bridgehead atoms. The van der Waals surface area contributed by atoms with Gasteiger partial charge in [0.25, 0.3) is 0 Å². The summed E-state index contributed by atoms with van der Waals surface area (Å²) in [6.07, 6.45) is 1.43. The van der Waals surface area contributed by atoms with Crippen LogP contribution >= 0.6 is 23.2 Å². The summed E-state index contributed by atoms with van der Waals surface area (Å²) < 4.78 is 0. The molecule has 0 saturated carbocycles. The molecule has 0 fully saturated rings. The van der Waals surface area contributed by atoms with Crippen molar-refractivity contribution in [1.29, 1.82) is 0 Å². The van der Waals surface area contributed by atoms with E-state index in [1.165, 1.54) is 28.8 Å². The lowest BCUT2D eigenvalue weighted by atomic mass is 10.6. The van der Waals surface area contributed by atoms with Crippen LogP contribution in [-0.2, 0) is 0 Å². The average Bonchev–Trinajstić information content (AvgIpc) is 1.80. The Labute approximate surface area is 72.6 Å². The third-order valence-electron chi connectivity index (χ3n) is 1.28. The van der Waals surface area contributed by atoms with E-state index in [1.807, 2.05) is 0 Å². The van der Waals surface area contributed by atoms with Gasteiger partial charge >= 0.3 is 0 Å². The summed E-state index contributed by atoms with van der Waals surface area (Å²) in [5.41, 5.74) is 0. The zero-order valence-electron chi connectivity index (χ0n) is 5.87. The van der Waals surface area contributed by atoms with E-state index in [9.17, 15) is 0 Å². The number of hydrogen-bond acceptors (Lipinski definition) is 0. The summed E-state index contributed by atoms with van der Waals surface area (Å²) in [5, 5.41) is 0. The van der Waals surface area contributed by atoms with E-state index >= 15 is 0 Å². The van der Waals surface area contributed by atoms with E-state index < -0.39 is 0 Å². The maximum absolute atomic E-state index is 5.57. The van der Waals surface area contributed by atoms with E-state index in [4.69, 9.17) is 23.2 Å². The molecule has 0 aliphatic rings. The number of alkyl halides is 2. The first-order chi connectivity index (χ1) is 4.27. The van der Waals surface area contributed by atoms with E-state index in [-0.39, 0.29) is 14.4 Å². The van der Waals surface area contributed by atoms with Gasteiger partial charge in [-0.2, -0.15) is 0 Å². The van der Waals surface area contributed by atoms with Gasteiger partial charge < -0.3 is 0 Å². The van der Waals surface area contributed by atoms with Crippen LogP contribution < -0.4 is 0 Å². The molecule has 0 aliphatic carbocycles. The lowest BCUT2D eigenvalue weighted by molar-refractivity contribution is 1.06. The van der Waals surface area contributed by atoms with Crippen LogP contribution in [0, 0.1) is 0 Å². The highest BCUT2D eigenvalue weighted by molar-refractivity contribution is 6.49. The van der Waals surface area contributed by atoms with Crippen molar-refractivity contribution in [3.05, 3.63) is 0 Å². The fourth-order valence-corrected chi connectivity index (χ4v) is 4.60. The van der Waals surface area contributed by atoms with Gasteiger partial charge in [0, 0.05) is 19.8 Å². The minimum absolute atomic E-state index is 0.0780. The molecule has 0 amide bonds. The zero-order valence-corrected chi connectivity index (χ0v) is 10.8. The maximum Gasteiger partial charge on any atom is 0.105 e. The summed E-state index contributed by atoms with van der Waals surface area (Å²) >= 11 is 11.1. The summed E-state index contributed by atoms with van der Waals surface area (Å²) in [7, 11) is 1.47. The number of rotatable bonds is 5. The summed E-state index contributed by atoms with van der Waals surface area (Å²) in [5.74, 6) is 0. The summed E-state index contributed by atoms with van der Waals surface area (Å²) in [4.78, 5) is -0.0780. The summed E-state index contributed by atoms with van der Waals surface area (Å²) in [6.45, 7) is 0.